The Morgan fingerprint density at radius 3 is 2.46 bits per heavy atom. The van der Waals surface area contributed by atoms with Crippen LogP contribution in [0.5, 0.6) is 0 Å². The number of aromatic nitrogens is 1. The summed E-state index contributed by atoms with van der Waals surface area (Å²) in [5.74, 6) is 0.914. The summed E-state index contributed by atoms with van der Waals surface area (Å²) in [7, 11) is 0. The van der Waals surface area contributed by atoms with Crippen LogP contribution in [0.1, 0.15) is 25.0 Å². The van der Waals surface area contributed by atoms with Gasteiger partial charge in [-0.1, -0.05) is 32.0 Å². The van der Waals surface area contributed by atoms with E-state index >= 15 is 0 Å². The summed E-state index contributed by atoms with van der Waals surface area (Å²) in [5, 5.41) is 7.78. The minimum absolute atomic E-state index is 0.250. The molecule has 2 aromatic heterocycles. The van der Waals surface area contributed by atoms with E-state index in [2.05, 4.69) is 4.98 Å². The van der Waals surface area contributed by atoms with Crippen molar-refractivity contribution in [1.29, 1.82) is 0 Å². The number of nitrogen functional groups attached to an aromatic ring is 1. The largest absolute Gasteiger partial charge is 0.483 e. The first-order chi connectivity index (χ1) is 12.5. The molecule has 0 radical (unpaired) electrons. The number of oxazole rings is 1. The SMILES string of the molecule is CC.Cc1ccc2nc(-c3oc4c(C)cccc4c3N)oc2c1.O=CO. The molecule has 0 saturated heterocycles. The number of anilines is 1. The van der Waals surface area contributed by atoms with Crippen molar-refractivity contribution in [2.75, 3.05) is 5.73 Å². The van der Waals surface area contributed by atoms with Gasteiger partial charge in [-0.3, -0.25) is 4.79 Å². The second-order valence-corrected chi connectivity index (χ2v) is 5.39. The highest BCUT2D eigenvalue weighted by Gasteiger charge is 2.19. The van der Waals surface area contributed by atoms with Crippen molar-refractivity contribution >= 4 is 34.2 Å². The van der Waals surface area contributed by atoms with E-state index in [0.29, 0.717) is 17.3 Å². The number of carbonyl (C=O) groups is 1. The number of fused-ring (bicyclic) bond motifs is 2. The maximum atomic E-state index is 8.36. The lowest BCUT2D eigenvalue weighted by atomic mass is 10.1. The molecule has 6 heteroatoms. The van der Waals surface area contributed by atoms with E-state index in [1.165, 1.54) is 0 Å². The zero-order valence-corrected chi connectivity index (χ0v) is 15.2. The Bertz CT molecular complexity index is 1030. The van der Waals surface area contributed by atoms with E-state index in [9.17, 15) is 0 Å². The average Bonchev–Trinajstić information content (AvgIpc) is 3.19. The molecule has 0 atom stereocenters. The van der Waals surface area contributed by atoms with Gasteiger partial charge in [0.15, 0.2) is 5.58 Å². The number of nitrogens with two attached hydrogens (primary N) is 1. The Morgan fingerprint density at radius 2 is 1.81 bits per heavy atom. The highest BCUT2D eigenvalue weighted by molar-refractivity contribution is 5.98. The van der Waals surface area contributed by atoms with E-state index in [1.807, 2.05) is 64.1 Å². The van der Waals surface area contributed by atoms with E-state index in [4.69, 9.17) is 24.5 Å². The molecule has 0 saturated carbocycles. The van der Waals surface area contributed by atoms with Gasteiger partial charge in [0, 0.05) is 5.39 Å². The van der Waals surface area contributed by atoms with Gasteiger partial charge in [0.1, 0.15) is 11.1 Å². The predicted octanol–water partition coefficient (Wildman–Crippen LogP) is 5.17. The number of rotatable bonds is 1. The molecule has 6 nitrogen and oxygen atoms in total. The van der Waals surface area contributed by atoms with Crippen molar-refractivity contribution in [3.8, 4) is 11.7 Å². The number of aryl methyl sites for hydroxylation is 2. The molecule has 0 aliphatic rings. The molecule has 4 rings (SSSR count). The molecule has 2 heterocycles. The van der Waals surface area contributed by atoms with Crippen LogP contribution in [0.4, 0.5) is 5.69 Å². The molecule has 2 aromatic carbocycles. The first kappa shape index (κ1) is 19.1. The molecule has 0 amide bonds. The first-order valence-corrected chi connectivity index (χ1v) is 8.28. The van der Waals surface area contributed by atoms with Gasteiger partial charge in [-0.15, -0.1) is 0 Å². The Kier molecular flexibility index (Phi) is 6.01. The first-order valence-electron chi connectivity index (χ1n) is 8.28. The van der Waals surface area contributed by atoms with Gasteiger partial charge in [0.25, 0.3) is 12.4 Å². The van der Waals surface area contributed by atoms with Crippen molar-refractivity contribution in [2.24, 2.45) is 0 Å². The Morgan fingerprint density at radius 1 is 1.12 bits per heavy atom. The number of benzene rings is 2. The molecule has 0 unspecified atom stereocenters. The minimum atomic E-state index is -0.250. The molecule has 0 aliphatic heterocycles. The second kappa shape index (κ2) is 8.20. The lowest BCUT2D eigenvalue weighted by Crippen LogP contribution is -1.85. The third kappa shape index (κ3) is 3.54. The summed E-state index contributed by atoms with van der Waals surface area (Å²) in [6.07, 6.45) is 0. The average molecular weight is 354 g/mol. The van der Waals surface area contributed by atoms with Crippen LogP contribution < -0.4 is 5.73 Å². The van der Waals surface area contributed by atoms with Crippen LogP contribution in [0.3, 0.4) is 0 Å². The molecule has 0 aliphatic carbocycles. The molecule has 0 bridgehead atoms. The van der Waals surface area contributed by atoms with Crippen LogP contribution in [0.15, 0.2) is 45.2 Å². The monoisotopic (exact) mass is 354 g/mol. The van der Waals surface area contributed by atoms with Crippen LogP contribution in [-0.2, 0) is 4.79 Å². The number of hydrogen-bond acceptors (Lipinski definition) is 5. The number of nitrogens with zero attached hydrogens (tertiary/aromatic N) is 1. The van der Waals surface area contributed by atoms with Crippen molar-refractivity contribution in [1.82, 2.24) is 4.98 Å². The maximum absolute atomic E-state index is 8.36. The quantitative estimate of drug-likeness (QED) is 0.457. The molecule has 0 spiro atoms. The molecule has 26 heavy (non-hydrogen) atoms. The van der Waals surface area contributed by atoms with Crippen LogP contribution in [0.2, 0.25) is 0 Å². The number of carboxylic acid groups (broad SMARTS) is 1. The molecule has 136 valence electrons. The van der Waals surface area contributed by atoms with Crippen molar-refractivity contribution in [2.45, 2.75) is 27.7 Å². The summed E-state index contributed by atoms with van der Waals surface area (Å²) in [5.41, 5.74) is 11.2. The smallest absolute Gasteiger partial charge is 0.290 e. The van der Waals surface area contributed by atoms with Crippen LogP contribution in [-0.4, -0.2) is 16.6 Å². The van der Waals surface area contributed by atoms with Crippen molar-refractivity contribution in [3.63, 3.8) is 0 Å². The molecular formula is C20H22N2O4. The lowest BCUT2D eigenvalue weighted by molar-refractivity contribution is -0.122. The van der Waals surface area contributed by atoms with Gasteiger partial charge in [-0.05, 0) is 43.2 Å². The zero-order chi connectivity index (χ0) is 19.3. The van der Waals surface area contributed by atoms with E-state index in [-0.39, 0.29) is 6.47 Å². The third-order valence-electron chi connectivity index (χ3n) is 3.69. The van der Waals surface area contributed by atoms with Gasteiger partial charge < -0.3 is 19.7 Å². The molecule has 4 aromatic rings. The fourth-order valence-electron chi connectivity index (χ4n) is 2.57. The highest BCUT2D eigenvalue weighted by Crippen LogP contribution is 2.37. The summed E-state index contributed by atoms with van der Waals surface area (Å²) in [4.78, 5) is 12.8. The van der Waals surface area contributed by atoms with Gasteiger partial charge in [-0.2, -0.15) is 0 Å². The standard InChI is InChI=1S/C17H14N2O2.C2H6.CH2O2/c1-9-6-7-12-13(8-9)20-17(19-12)16-14(18)11-5-3-4-10(2)15(11)21-16;1-2;2-1-3/h3-8H,18H2,1-2H3;1-2H3;1H,(H,2,3). The van der Waals surface area contributed by atoms with Gasteiger partial charge in [-0.25, -0.2) is 4.98 Å². The topological polar surface area (TPSA) is 102 Å². The van der Waals surface area contributed by atoms with Gasteiger partial charge >= 0.3 is 0 Å². The highest BCUT2D eigenvalue weighted by atomic mass is 16.4. The van der Waals surface area contributed by atoms with Gasteiger partial charge in [0.05, 0.1) is 5.69 Å². The van der Waals surface area contributed by atoms with E-state index in [0.717, 1.165) is 33.2 Å². The molecule has 0 fully saturated rings. The van der Waals surface area contributed by atoms with E-state index < -0.39 is 0 Å². The number of hydrogen-bond donors (Lipinski definition) is 2. The van der Waals surface area contributed by atoms with Crippen LogP contribution in [0, 0.1) is 13.8 Å². The lowest BCUT2D eigenvalue weighted by Gasteiger charge is -1.91. The fourth-order valence-corrected chi connectivity index (χ4v) is 2.57. The zero-order valence-electron chi connectivity index (χ0n) is 15.2. The van der Waals surface area contributed by atoms with Crippen molar-refractivity contribution < 1.29 is 18.7 Å². The minimum Gasteiger partial charge on any atom is -0.483 e. The summed E-state index contributed by atoms with van der Waals surface area (Å²) in [6, 6.07) is 11.8. The predicted molar refractivity (Wildman–Crippen MR) is 103 cm³/mol. The Labute approximate surface area is 151 Å². The fraction of sp³-hybridized carbons (Fsp3) is 0.200. The molecule has 3 N–H and O–H groups in total. The number of para-hydroxylation sites is 1. The number of furan rings is 1. The third-order valence-corrected chi connectivity index (χ3v) is 3.69. The maximum Gasteiger partial charge on any atom is 0.290 e. The Hall–Kier alpha value is -3.28. The van der Waals surface area contributed by atoms with Crippen LogP contribution >= 0.6 is 0 Å². The molecular weight excluding hydrogens is 332 g/mol. The van der Waals surface area contributed by atoms with Crippen LogP contribution in [0.25, 0.3) is 33.7 Å². The summed E-state index contributed by atoms with van der Waals surface area (Å²) in [6.45, 7) is 7.75. The summed E-state index contributed by atoms with van der Waals surface area (Å²) < 4.78 is 11.7. The van der Waals surface area contributed by atoms with Crippen molar-refractivity contribution in [3.05, 3.63) is 47.5 Å². The van der Waals surface area contributed by atoms with Gasteiger partial charge in [0.2, 0.25) is 5.76 Å². The normalized spacial score (nSPS) is 10.0. The summed E-state index contributed by atoms with van der Waals surface area (Å²) >= 11 is 0. The Balaban J connectivity index is 0.000000444. The van der Waals surface area contributed by atoms with E-state index in [1.54, 1.807) is 0 Å². The second-order valence-electron chi connectivity index (χ2n) is 5.39.